The van der Waals surface area contributed by atoms with Crippen LogP contribution in [0.1, 0.15) is 27.3 Å². The molecule has 0 spiro atoms. The molecule has 2 heterocycles. The van der Waals surface area contributed by atoms with Crippen molar-refractivity contribution in [1.29, 1.82) is 0 Å². The Bertz CT molecular complexity index is 1280. The van der Waals surface area contributed by atoms with Crippen molar-refractivity contribution >= 4 is 12.0 Å². The van der Waals surface area contributed by atoms with Crippen molar-refractivity contribution in [3.8, 4) is 5.69 Å². The SMILES string of the molecule is Cc1cc(=O)c(C(=O)N2CCN(C/C=C/c3ccccc3)CC2)nn1-c1ccccc1C(F)(F)F. The van der Waals surface area contributed by atoms with Crippen molar-refractivity contribution in [3.05, 3.63) is 99.5 Å². The Morgan fingerprint density at radius 2 is 1.66 bits per heavy atom. The first-order valence-corrected chi connectivity index (χ1v) is 11.2. The van der Waals surface area contributed by atoms with Crippen LogP contribution in [-0.2, 0) is 6.18 Å². The van der Waals surface area contributed by atoms with Gasteiger partial charge in [0.1, 0.15) is 0 Å². The molecule has 0 saturated carbocycles. The first-order valence-electron chi connectivity index (χ1n) is 11.2. The first-order chi connectivity index (χ1) is 16.7. The van der Waals surface area contributed by atoms with E-state index in [-0.39, 0.29) is 17.1 Å². The minimum absolute atomic E-state index is 0.207. The van der Waals surface area contributed by atoms with Crippen molar-refractivity contribution in [2.45, 2.75) is 13.1 Å². The normalized spacial score (nSPS) is 15.0. The van der Waals surface area contributed by atoms with E-state index in [1.807, 2.05) is 36.4 Å². The van der Waals surface area contributed by atoms with E-state index in [4.69, 9.17) is 0 Å². The second-order valence-corrected chi connectivity index (χ2v) is 8.33. The standard InChI is InChI=1S/C26H25F3N4O2/c1-19-18-23(34)24(30-33(19)22-12-6-5-11-21(22)26(27,28)29)25(35)32-16-14-31(15-17-32)13-7-10-20-8-3-2-4-9-20/h2-12,18H,13-17H2,1H3/b10-7+. The van der Waals surface area contributed by atoms with Crippen LogP contribution in [0.25, 0.3) is 11.8 Å². The third kappa shape index (κ3) is 5.68. The van der Waals surface area contributed by atoms with E-state index in [0.29, 0.717) is 26.2 Å². The van der Waals surface area contributed by atoms with Gasteiger partial charge in [-0.1, -0.05) is 54.6 Å². The molecule has 6 nitrogen and oxygen atoms in total. The number of hydrogen-bond donors (Lipinski definition) is 0. The number of halogens is 3. The van der Waals surface area contributed by atoms with Crippen LogP contribution in [0.3, 0.4) is 0 Å². The molecule has 0 atom stereocenters. The van der Waals surface area contributed by atoms with Gasteiger partial charge in [0.05, 0.1) is 11.3 Å². The second kappa shape index (κ2) is 10.3. The molecule has 1 fully saturated rings. The summed E-state index contributed by atoms with van der Waals surface area (Å²) in [6.45, 7) is 4.22. The van der Waals surface area contributed by atoms with E-state index in [2.05, 4.69) is 16.1 Å². The van der Waals surface area contributed by atoms with Gasteiger partial charge in [0.25, 0.3) is 5.91 Å². The summed E-state index contributed by atoms with van der Waals surface area (Å²) in [7, 11) is 0. The minimum atomic E-state index is -4.61. The summed E-state index contributed by atoms with van der Waals surface area (Å²) in [6, 6.07) is 16.0. The third-order valence-corrected chi connectivity index (χ3v) is 5.88. The lowest BCUT2D eigenvalue weighted by Crippen LogP contribution is -2.49. The van der Waals surface area contributed by atoms with Gasteiger partial charge >= 0.3 is 6.18 Å². The lowest BCUT2D eigenvalue weighted by molar-refractivity contribution is -0.137. The zero-order valence-electron chi connectivity index (χ0n) is 19.2. The highest BCUT2D eigenvalue weighted by atomic mass is 19.4. The predicted molar refractivity (Wildman–Crippen MR) is 127 cm³/mol. The molecule has 1 aromatic heterocycles. The first kappa shape index (κ1) is 24.4. The van der Waals surface area contributed by atoms with Gasteiger partial charge in [-0.25, -0.2) is 4.68 Å². The van der Waals surface area contributed by atoms with Crippen LogP contribution in [-0.4, -0.2) is 58.2 Å². The van der Waals surface area contributed by atoms with Gasteiger partial charge in [-0.05, 0) is 24.6 Å². The van der Waals surface area contributed by atoms with Gasteiger partial charge in [-0.3, -0.25) is 14.5 Å². The monoisotopic (exact) mass is 482 g/mol. The molecular formula is C26H25F3N4O2. The zero-order chi connectivity index (χ0) is 25.0. The largest absolute Gasteiger partial charge is 0.418 e. The Labute approximate surface area is 200 Å². The van der Waals surface area contributed by atoms with Crippen LogP contribution >= 0.6 is 0 Å². The van der Waals surface area contributed by atoms with E-state index in [0.717, 1.165) is 28.9 Å². The molecule has 0 radical (unpaired) electrons. The van der Waals surface area contributed by atoms with Crippen LogP contribution in [0.5, 0.6) is 0 Å². The van der Waals surface area contributed by atoms with Crippen LogP contribution < -0.4 is 5.43 Å². The van der Waals surface area contributed by atoms with E-state index < -0.39 is 23.1 Å². The van der Waals surface area contributed by atoms with E-state index in [1.165, 1.54) is 30.0 Å². The number of rotatable bonds is 5. The number of alkyl halides is 3. The van der Waals surface area contributed by atoms with Crippen molar-refractivity contribution < 1.29 is 18.0 Å². The molecular weight excluding hydrogens is 457 g/mol. The second-order valence-electron chi connectivity index (χ2n) is 8.33. The average Bonchev–Trinajstić information content (AvgIpc) is 2.84. The number of carbonyl (C=O) groups excluding carboxylic acids is 1. The number of aryl methyl sites for hydroxylation is 1. The molecule has 1 amide bonds. The van der Waals surface area contributed by atoms with Crippen LogP contribution in [0.4, 0.5) is 13.2 Å². The summed E-state index contributed by atoms with van der Waals surface area (Å²) in [4.78, 5) is 29.4. The van der Waals surface area contributed by atoms with Crippen molar-refractivity contribution in [3.63, 3.8) is 0 Å². The number of hydrogen-bond acceptors (Lipinski definition) is 4. The molecule has 3 aromatic rings. The topological polar surface area (TPSA) is 58.4 Å². The molecule has 182 valence electrons. The smallest absolute Gasteiger partial charge is 0.335 e. The van der Waals surface area contributed by atoms with Crippen molar-refractivity contribution in [1.82, 2.24) is 19.6 Å². The van der Waals surface area contributed by atoms with E-state index in [9.17, 15) is 22.8 Å². The molecule has 0 bridgehead atoms. The summed E-state index contributed by atoms with van der Waals surface area (Å²) in [5.41, 5.74) is -0.809. The van der Waals surface area contributed by atoms with Crippen LogP contribution in [0.2, 0.25) is 0 Å². The van der Waals surface area contributed by atoms with Gasteiger partial charge in [-0.15, -0.1) is 0 Å². The molecule has 9 heteroatoms. The molecule has 0 N–H and O–H groups in total. The highest BCUT2D eigenvalue weighted by Crippen LogP contribution is 2.33. The Kier molecular flexibility index (Phi) is 7.16. The summed E-state index contributed by atoms with van der Waals surface area (Å²) >= 11 is 0. The number of piperazine rings is 1. The summed E-state index contributed by atoms with van der Waals surface area (Å²) in [5, 5.41) is 4.08. The highest BCUT2D eigenvalue weighted by Gasteiger charge is 2.34. The maximum atomic E-state index is 13.5. The Morgan fingerprint density at radius 3 is 2.34 bits per heavy atom. The summed E-state index contributed by atoms with van der Waals surface area (Å²) < 4.78 is 41.6. The van der Waals surface area contributed by atoms with Crippen molar-refractivity contribution in [2.24, 2.45) is 0 Å². The number of nitrogens with zero attached hydrogens (tertiary/aromatic N) is 4. The molecule has 4 rings (SSSR count). The molecule has 0 aliphatic carbocycles. The molecule has 1 aliphatic heterocycles. The Balaban J connectivity index is 1.48. The summed E-state index contributed by atoms with van der Waals surface area (Å²) in [6.07, 6.45) is -0.511. The maximum Gasteiger partial charge on any atom is 0.418 e. The lowest BCUT2D eigenvalue weighted by atomic mass is 10.1. The average molecular weight is 483 g/mol. The van der Waals surface area contributed by atoms with Crippen LogP contribution in [0.15, 0.2) is 71.5 Å². The molecule has 1 aliphatic rings. The number of amides is 1. The van der Waals surface area contributed by atoms with Gasteiger partial charge < -0.3 is 4.90 Å². The number of para-hydroxylation sites is 1. The number of aromatic nitrogens is 2. The molecule has 0 unspecified atom stereocenters. The van der Waals surface area contributed by atoms with Crippen LogP contribution in [0, 0.1) is 6.92 Å². The molecule has 1 saturated heterocycles. The fourth-order valence-electron chi connectivity index (χ4n) is 4.02. The van der Waals surface area contributed by atoms with Gasteiger partial charge in [-0.2, -0.15) is 18.3 Å². The number of carbonyl (C=O) groups is 1. The zero-order valence-corrected chi connectivity index (χ0v) is 19.2. The van der Waals surface area contributed by atoms with Gasteiger partial charge in [0, 0.05) is 44.5 Å². The lowest BCUT2D eigenvalue weighted by Gasteiger charge is -2.33. The van der Waals surface area contributed by atoms with Gasteiger partial charge in [0.2, 0.25) is 5.43 Å². The quantitative estimate of drug-likeness (QED) is 0.551. The van der Waals surface area contributed by atoms with E-state index in [1.54, 1.807) is 0 Å². The molecule has 35 heavy (non-hydrogen) atoms. The third-order valence-electron chi connectivity index (χ3n) is 5.88. The van der Waals surface area contributed by atoms with Crippen molar-refractivity contribution in [2.75, 3.05) is 32.7 Å². The fourth-order valence-corrected chi connectivity index (χ4v) is 4.02. The minimum Gasteiger partial charge on any atom is -0.335 e. The number of benzene rings is 2. The fraction of sp³-hybridized carbons (Fsp3) is 0.269. The Morgan fingerprint density at radius 1 is 1.00 bits per heavy atom. The summed E-state index contributed by atoms with van der Waals surface area (Å²) in [5.74, 6) is -0.576. The Hall–Kier alpha value is -3.72. The highest BCUT2D eigenvalue weighted by molar-refractivity contribution is 5.92. The predicted octanol–water partition coefficient (Wildman–Crippen LogP) is 4.03. The van der Waals surface area contributed by atoms with E-state index >= 15 is 0 Å². The molecule has 2 aromatic carbocycles. The van der Waals surface area contributed by atoms with Gasteiger partial charge in [0.15, 0.2) is 5.69 Å². The maximum absolute atomic E-state index is 13.5.